The maximum Gasteiger partial charge on any atom is 0.410 e. The Hall–Kier alpha value is -2.20. The van der Waals surface area contributed by atoms with Crippen molar-refractivity contribution in [1.82, 2.24) is 4.90 Å². The van der Waals surface area contributed by atoms with E-state index in [1.54, 1.807) is 0 Å². The van der Waals surface area contributed by atoms with Crippen molar-refractivity contribution < 1.29 is 9.53 Å². The molecule has 0 saturated carbocycles. The van der Waals surface area contributed by atoms with Crippen LogP contribution in [0.4, 0.5) is 10.5 Å². The van der Waals surface area contributed by atoms with Crippen LogP contribution in [0.25, 0.3) is 0 Å². The lowest BCUT2D eigenvalue weighted by atomic mass is 10.0. The summed E-state index contributed by atoms with van der Waals surface area (Å²) in [6.45, 7) is 10.1. The molecule has 0 aliphatic carbocycles. The molecule has 3 rings (SSSR count). The van der Waals surface area contributed by atoms with E-state index in [1.807, 2.05) is 37.8 Å². The topological polar surface area (TPSA) is 32.8 Å². The number of ether oxygens (including phenoxy) is 1. The van der Waals surface area contributed by atoms with Crippen molar-refractivity contribution in [3.63, 3.8) is 0 Å². The van der Waals surface area contributed by atoms with E-state index in [-0.39, 0.29) is 6.09 Å². The second kappa shape index (κ2) is 9.08. The Balaban J connectivity index is 1.72. The second-order valence-electron chi connectivity index (χ2n) is 8.79. The van der Waals surface area contributed by atoms with Crippen molar-refractivity contribution in [3.8, 4) is 0 Å². The molecule has 4 nitrogen and oxygen atoms in total. The van der Waals surface area contributed by atoms with Gasteiger partial charge in [0.1, 0.15) is 5.60 Å². The molecule has 0 radical (unpaired) electrons. The van der Waals surface area contributed by atoms with Gasteiger partial charge >= 0.3 is 6.09 Å². The Morgan fingerprint density at radius 1 is 1.07 bits per heavy atom. The molecule has 0 bridgehead atoms. The van der Waals surface area contributed by atoms with Gasteiger partial charge in [-0.2, -0.15) is 0 Å². The van der Waals surface area contributed by atoms with Crippen LogP contribution in [0.3, 0.4) is 0 Å². The van der Waals surface area contributed by atoms with E-state index in [0.717, 1.165) is 24.4 Å². The van der Waals surface area contributed by atoms with Crippen LogP contribution in [-0.2, 0) is 11.3 Å². The molecule has 5 heteroatoms. The molecular weight excluding hydrogens is 384 g/mol. The average molecular weight is 415 g/mol. The van der Waals surface area contributed by atoms with E-state index >= 15 is 0 Å². The van der Waals surface area contributed by atoms with Crippen molar-refractivity contribution in [2.45, 2.75) is 58.7 Å². The lowest BCUT2D eigenvalue weighted by Crippen LogP contribution is -2.48. The highest BCUT2D eigenvalue weighted by molar-refractivity contribution is 6.30. The average Bonchev–Trinajstić information content (AvgIpc) is 2.67. The van der Waals surface area contributed by atoms with Crippen LogP contribution in [0.1, 0.15) is 44.7 Å². The molecule has 29 heavy (non-hydrogen) atoms. The first kappa shape index (κ1) is 21.5. The predicted molar refractivity (Wildman–Crippen MR) is 120 cm³/mol. The van der Waals surface area contributed by atoms with Crippen LogP contribution in [-0.4, -0.2) is 35.7 Å². The van der Waals surface area contributed by atoms with Crippen molar-refractivity contribution in [1.29, 1.82) is 0 Å². The maximum absolute atomic E-state index is 12.4. The third-order valence-electron chi connectivity index (χ3n) is 5.19. The Morgan fingerprint density at radius 2 is 1.66 bits per heavy atom. The first-order chi connectivity index (χ1) is 13.7. The summed E-state index contributed by atoms with van der Waals surface area (Å²) in [6.07, 6.45) is 1.62. The van der Waals surface area contributed by atoms with Gasteiger partial charge in [0.15, 0.2) is 0 Å². The Kier molecular flexibility index (Phi) is 6.74. The molecule has 0 aromatic heterocycles. The third kappa shape index (κ3) is 6.14. The number of anilines is 1. The van der Waals surface area contributed by atoms with Gasteiger partial charge in [-0.25, -0.2) is 4.79 Å². The van der Waals surface area contributed by atoms with Gasteiger partial charge in [0.25, 0.3) is 0 Å². The molecule has 1 aliphatic rings. The van der Waals surface area contributed by atoms with Gasteiger partial charge in [0.05, 0.1) is 0 Å². The molecule has 1 fully saturated rings. The van der Waals surface area contributed by atoms with Gasteiger partial charge in [0.2, 0.25) is 0 Å². The summed E-state index contributed by atoms with van der Waals surface area (Å²) in [4.78, 5) is 16.7. The lowest BCUT2D eigenvalue weighted by molar-refractivity contribution is 0.0204. The minimum absolute atomic E-state index is 0.212. The van der Waals surface area contributed by atoms with Crippen LogP contribution < -0.4 is 4.90 Å². The zero-order valence-electron chi connectivity index (χ0n) is 17.8. The van der Waals surface area contributed by atoms with E-state index in [0.29, 0.717) is 19.1 Å². The molecule has 0 atom stereocenters. The van der Waals surface area contributed by atoms with Crippen molar-refractivity contribution in [2.24, 2.45) is 0 Å². The number of rotatable bonds is 4. The van der Waals surface area contributed by atoms with Crippen LogP contribution in [0, 0.1) is 6.92 Å². The minimum Gasteiger partial charge on any atom is -0.444 e. The summed E-state index contributed by atoms with van der Waals surface area (Å²) in [5.41, 5.74) is 3.22. The van der Waals surface area contributed by atoms with Crippen molar-refractivity contribution >= 4 is 23.4 Å². The number of halogens is 1. The van der Waals surface area contributed by atoms with Gasteiger partial charge in [-0.05, 0) is 70.4 Å². The zero-order valence-corrected chi connectivity index (χ0v) is 18.6. The summed E-state index contributed by atoms with van der Waals surface area (Å²) < 4.78 is 5.54. The van der Waals surface area contributed by atoms with E-state index in [9.17, 15) is 4.79 Å². The minimum atomic E-state index is -0.462. The molecule has 1 saturated heterocycles. The highest BCUT2D eigenvalue weighted by atomic mass is 35.5. The van der Waals surface area contributed by atoms with E-state index < -0.39 is 5.60 Å². The number of benzene rings is 2. The molecule has 0 N–H and O–H groups in total. The molecule has 1 amide bonds. The molecule has 156 valence electrons. The summed E-state index contributed by atoms with van der Waals surface area (Å²) in [5.74, 6) is 0. The predicted octanol–water partition coefficient (Wildman–Crippen LogP) is 6.05. The zero-order chi connectivity index (χ0) is 21.0. The van der Waals surface area contributed by atoms with Crippen molar-refractivity contribution in [3.05, 3.63) is 64.7 Å². The summed E-state index contributed by atoms with van der Waals surface area (Å²) in [5, 5.41) is 0.751. The van der Waals surface area contributed by atoms with Gasteiger partial charge in [0, 0.05) is 36.4 Å². The highest BCUT2D eigenvalue weighted by Crippen LogP contribution is 2.27. The second-order valence-corrected chi connectivity index (χ2v) is 9.22. The van der Waals surface area contributed by atoms with Gasteiger partial charge < -0.3 is 14.5 Å². The number of carbonyl (C=O) groups excluding carboxylic acids is 1. The van der Waals surface area contributed by atoms with Crippen LogP contribution in [0.5, 0.6) is 0 Å². The van der Waals surface area contributed by atoms with Gasteiger partial charge in [-0.15, -0.1) is 0 Å². The van der Waals surface area contributed by atoms with Gasteiger partial charge in [-0.3, -0.25) is 0 Å². The molecule has 0 unspecified atom stereocenters. The normalized spacial score (nSPS) is 15.3. The molecular formula is C24H31ClN2O2. The fourth-order valence-electron chi connectivity index (χ4n) is 3.64. The van der Waals surface area contributed by atoms with E-state index in [1.165, 1.54) is 16.8 Å². The first-order valence-electron chi connectivity index (χ1n) is 10.3. The van der Waals surface area contributed by atoms with Crippen LogP contribution in [0.15, 0.2) is 48.5 Å². The number of aryl methyl sites for hydroxylation is 1. The SMILES string of the molecule is Cc1ccc(N(Cc2ccc(Cl)cc2)C2CCN(C(=O)OC(C)(C)C)CC2)cc1. The molecule has 1 heterocycles. The fourth-order valence-corrected chi connectivity index (χ4v) is 3.77. The van der Waals surface area contributed by atoms with E-state index in [2.05, 4.69) is 48.2 Å². The molecule has 1 aliphatic heterocycles. The Labute approximate surface area is 179 Å². The summed E-state index contributed by atoms with van der Waals surface area (Å²) in [6, 6.07) is 17.1. The highest BCUT2D eigenvalue weighted by Gasteiger charge is 2.29. The summed E-state index contributed by atoms with van der Waals surface area (Å²) in [7, 11) is 0. The number of likely N-dealkylation sites (tertiary alicyclic amines) is 1. The standard InChI is InChI=1S/C24H31ClN2O2/c1-18-5-11-21(12-6-18)27(17-19-7-9-20(25)10-8-19)22-13-15-26(16-14-22)23(28)29-24(2,3)4/h5-12,22H,13-17H2,1-4H3. The number of hydrogen-bond acceptors (Lipinski definition) is 3. The fraction of sp³-hybridized carbons (Fsp3) is 0.458. The maximum atomic E-state index is 12.4. The summed E-state index contributed by atoms with van der Waals surface area (Å²) >= 11 is 6.06. The largest absolute Gasteiger partial charge is 0.444 e. The molecule has 2 aromatic carbocycles. The molecule has 0 spiro atoms. The lowest BCUT2D eigenvalue weighted by Gasteiger charge is -2.40. The van der Waals surface area contributed by atoms with E-state index in [4.69, 9.17) is 16.3 Å². The number of piperidine rings is 1. The Morgan fingerprint density at radius 3 is 2.21 bits per heavy atom. The van der Waals surface area contributed by atoms with Crippen LogP contribution >= 0.6 is 11.6 Å². The monoisotopic (exact) mass is 414 g/mol. The van der Waals surface area contributed by atoms with Crippen LogP contribution in [0.2, 0.25) is 5.02 Å². The first-order valence-corrected chi connectivity index (χ1v) is 10.6. The number of nitrogens with zero attached hydrogens (tertiary/aromatic N) is 2. The number of carbonyl (C=O) groups is 1. The number of amides is 1. The third-order valence-corrected chi connectivity index (χ3v) is 5.44. The molecule has 2 aromatic rings. The van der Waals surface area contributed by atoms with Gasteiger partial charge in [-0.1, -0.05) is 41.4 Å². The smallest absolute Gasteiger partial charge is 0.410 e. The van der Waals surface area contributed by atoms with Crippen molar-refractivity contribution in [2.75, 3.05) is 18.0 Å². The number of hydrogen-bond donors (Lipinski definition) is 0. The Bertz CT molecular complexity index is 804. The quantitative estimate of drug-likeness (QED) is 0.610.